The van der Waals surface area contributed by atoms with E-state index in [0.29, 0.717) is 6.54 Å². The Hall–Kier alpha value is -1.69. The number of nitrogens with one attached hydrogen (secondary N) is 1. The van der Waals surface area contributed by atoms with Gasteiger partial charge < -0.3 is 15.5 Å². The highest BCUT2D eigenvalue weighted by atomic mass is 16.4. The molecule has 0 spiro atoms. The monoisotopic (exact) mass is 253 g/mol. The van der Waals surface area contributed by atoms with E-state index in [0.717, 1.165) is 12.8 Å². The maximum Gasteiger partial charge on any atom is 0.339 e. The smallest absolute Gasteiger partial charge is 0.339 e. The van der Waals surface area contributed by atoms with Crippen LogP contribution in [0.25, 0.3) is 0 Å². The first-order valence-corrected chi connectivity index (χ1v) is 5.98. The molecular weight excluding hydrogens is 234 g/mol. The van der Waals surface area contributed by atoms with Gasteiger partial charge in [-0.15, -0.1) is 5.10 Å². The number of aliphatic hydroxyl groups is 1. The predicted octanol–water partition coefficient (Wildman–Crippen LogP) is 1.39. The van der Waals surface area contributed by atoms with Crippen LogP contribution >= 0.6 is 0 Å². The zero-order chi connectivity index (χ0) is 13.6. The zero-order valence-electron chi connectivity index (χ0n) is 10.7. The third kappa shape index (κ3) is 3.16. The molecule has 18 heavy (non-hydrogen) atoms. The molecule has 1 aromatic heterocycles. The molecule has 0 aliphatic heterocycles. The molecule has 0 aliphatic rings. The standard InChI is InChI=1S/C12H19N3O3/c1-3-12(4-2,8-16)7-13-10-9(11(17)18)5-6-14-15-10/h5-6,16H,3-4,7-8H2,1-2H3,(H,13,15)(H,17,18). The Labute approximate surface area is 106 Å². The molecule has 0 saturated carbocycles. The normalized spacial score (nSPS) is 11.3. The van der Waals surface area contributed by atoms with Gasteiger partial charge in [0.1, 0.15) is 5.56 Å². The summed E-state index contributed by atoms with van der Waals surface area (Å²) in [6.07, 6.45) is 2.94. The first-order valence-electron chi connectivity index (χ1n) is 5.98. The minimum absolute atomic E-state index is 0.0513. The minimum Gasteiger partial charge on any atom is -0.478 e. The molecule has 1 heterocycles. The second-order valence-corrected chi connectivity index (χ2v) is 4.32. The topological polar surface area (TPSA) is 95.3 Å². The van der Waals surface area contributed by atoms with E-state index in [-0.39, 0.29) is 23.4 Å². The number of hydrogen-bond donors (Lipinski definition) is 3. The Morgan fingerprint density at radius 3 is 2.61 bits per heavy atom. The lowest BCUT2D eigenvalue weighted by molar-refractivity contribution is 0.0697. The fourth-order valence-electron chi connectivity index (χ4n) is 1.69. The van der Waals surface area contributed by atoms with Crippen LogP contribution in [0.5, 0.6) is 0 Å². The molecule has 6 nitrogen and oxygen atoms in total. The average molecular weight is 253 g/mol. The second kappa shape index (κ2) is 6.30. The summed E-state index contributed by atoms with van der Waals surface area (Å²) in [7, 11) is 0. The number of hydrogen-bond acceptors (Lipinski definition) is 5. The first-order chi connectivity index (χ1) is 8.58. The van der Waals surface area contributed by atoms with Gasteiger partial charge in [0, 0.05) is 12.0 Å². The van der Waals surface area contributed by atoms with Gasteiger partial charge >= 0.3 is 5.97 Å². The molecule has 6 heteroatoms. The van der Waals surface area contributed by atoms with Gasteiger partial charge in [-0.3, -0.25) is 0 Å². The molecular formula is C12H19N3O3. The van der Waals surface area contributed by atoms with Crippen molar-refractivity contribution >= 4 is 11.8 Å². The molecule has 0 atom stereocenters. The van der Waals surface area contributed by atoms with E-state index in [2.05, 4.69) is 15.5 Å². The van der Waals surface area contributed by atoms with Gasteiger partial charge in [0.05, 0.1) is 12.8 Å². The van der Waals surface area contributed by atoms with Crippen LogP contribution < -0.4 is 5.32 Å². The summed E-state index contributed by atoms with van der Waals surface area (Å²) < 4.78 is 0. The molecule has 1 rings (SSSR count). The summed E-state index contributed by atoms with van der Waals surface area (Å²) in [5, 5.41) is 28.9. The van der Waals surface area contributed by atoms with Gasteiger partial charge in [-0.05, 0) is 18.9 Å². The highest BCUT2D eigenvalue weighted by Crippen LogP contribution is 2.26. The van der Waals surface area contributed by atoms with Crippen LogP contribution in [0.4, 0.5) is 5.82 Å². The molecule has 3 N–H and O–H groups in total. The molecule has 1 aromatic rings. The van der Waals surface area contributed by atoms with E-state index in [1.165, 1.54) is 12.3 Å². The van der Waals surface area contributed by atoms with Crippen molar-refractivity contribution in [2.24, 2.45) is 5.41 Å². The number of rotatable bonds is 7. The largest absolute Gasteiger partial charge is 0.478 e. The van der Waals surface area contributed by atoms with Crippen LogP contribution in [0, 0.1) is 5.41 Å². The number of nitrogens with zero attached hydrogens (tertiary/aromatic N) is 2. The zero-order valence-corrected chi connectivity index (χ0v) is 10.7. The molecule has 0 fully saturated rings. The Balaban J connectivity index is 2.83. The van der Waals surface area contributed by atoms with Gasteiger partial charge in [-0.2, -0.15) is 5.10 Å². The van der Waals surface area contributed by atoms with Gasteiger partial charge in [0.2, 0.25) is 0 Å². The highest BCUT2D eigenvalue weighted by Gasteiger charge is 2.25. The van der Waals surface area contributed by atoms with E-state index >= 15 is 0 Å². The maximum absolute atomic E-state index is 11.0. The summed E-state index contributed by atoms with van der Waals surface area (Å²) in [6.45, 7) is 4.51. The number of carboxylic acids is 1. The van der Waals surface area contributed by atoms with E-state index in [4.69, 9.17) is 5.11 Å². The van der Waals surface area contributed by atoms with Crippen LogP contribution in [0.1, 0.15) is 37.0 Å². The Morgan fingerprint density at radius 2 is 2.11 bits per heavy atom. The van der Waals surface area contributed by atoms with Crippen molar-refractivity contribution in [1.82, 2.24) is 10.2 Å². The molecule has 0 aromatic carbocycles. The van der Waals surface area contributed by atoms with Gasteiger partial charge in [-0.1, -0.05) is 13.8 Å². The lowest BCUT2D eigenvalue weighted by Crippen LogP contribution is -2.33. The number of carbonyl (C=O) groups is 1. The van der Waals surface area contributed by atoms with Crippen LogP contribution in [0.15, 0.2) is 12.3 Å². The minimum atomic E-state index is -1.05. The van der Waals surface area contributed by atoms with E-state index in [1.54, 1.807) is 0 Å². The number of carboxylic acid groups (broad SMARTS) is 1. The van der Waals surface area contributed by atoms with Crippen LogP contribution in [0.3, 0.4) is 0 Å². The van der Waals surface area contributed by atoms with Crippen molar-refractivity contribution in [3.05, 3.63) is 17.8 Å². The number of aromatic carboxylic acids is 1. The highest BCUT2D eigenvalue weighted by molar-refractivity contribution is 5.92. The molecule has 0 unspecified atom stereocenters. The molecule has 100 valence electrons. The molecule has 0 bridgehead atoms. The third-order valence-electron chi connectivity index (χ3n) is 3.42. The van der Waals surface area contributed by atoms with Gasteiger partial charge in [0.15, 0.2) is 5.82 Å². The number of anilines is 1. The Bertz CT molecular complexity index is 397. The lowest BCUT2D eigenvalue weighted by atomic mass is 9.83. The number of aliphatic hydroxyl groups excluding tert-OH is 1. The Kier molecular flexibility index (Phi) is 5.03. The summed E-state index contributed by atoms with van der Waals surface area (Å²) in [4.78, 5) is 11.0. The van der Waals surface area contributed by atoms with Crippen molar-refractivity contribution in [3.8, 4) is 0 Å². The van der Waals surface area contributed by atoms with Crippen molar-refractivity contribution in [2.75, 3.05) is 18.5 Å². The third-order valence-corrected chi connectivity index (χ3v) is 3.42. The van der Waals surface area contributed by atoms with Crippen molar-refractivity contribution in [2.45, 2.75) is 26.7 Å². The lowest BCUT2D eigenvalue weighted by Gasteiger charge is -2.29. The van der Waals surface area contributed by atoms with E-state index in [9.17, 15) is 9.90 Å². The van der Waals surface area contributed by atoms with Crippen LogP contribution in [-0.4, -0.2) is 39.5 Å². The summed E-state index contributed by atoms with van der Waals surface area (Å²) in [6, 6.07) is 1.40. The fourth-order valence-corrected chi connectivity index (χ4v) is 1.69. The Morgan fingerprint density at radius 1 is 1.44 bits per heavy atom. The van der Waals surface area contributed by atoms with E-state index < -0.39 is 5.97 Å². The SMILES string of the molecule is CCC(CC)(CO)CNc1nnccc1C(=O)O. The first kappa shape index (κ1) is 14.4. The summed E-state index contributed by atoms with van der Waals surface area (Å²) in [5.41, 5.74) is -0.170. The van der Waals surface area contributed by atoms with Crippen molar-refractivity contribution < 1.29 is 15.0 Å². The average Bonchev–Trinajstić information content (AvgIpc) is 2.41. The fraction of sp³-hybridized carbons (Fsp3) is 0.583. The quantitative estimate of drug-likeness (QED) is 0.679. The summed E-state index contributed by atoms with van der Waals surface area (Å²) >= 11 is 0. The molecule has 0 amide bonds. The second-order valence-electron chi connectivity index (χ2n) is 4.32. The molecule has 0 aliphatic carbocycles. The molecule has 0 radical (unpaired) electrons. The van der Waals surface area contributed by atoms with Gasteiger partial charge in [0.25, 0.3) is 0 Å². The van der Waals surface area contributed by atoms with Crippen molar-refractivity contribution in [3.63, 3.8) is 0 Å². The van der Waals surface area contributed by atoms with Crippen molar-refractivity contribution in [1.29, 1.82) is 0 Å². The van der Waals surface area contributed by atoms with Crippen LogP contribution in [0.2, 0.25) is 0 Å². The van der Waals surface area contributed by atoms with Crippen LogP contribution in [-0.2, 0) is 0 Å². The summed E-state index contributed by atoms with van der Waals surface area (Å²) in [5.74, 6) is -0.806. The molecule has 0 saturated heterocycles. The number of aromatic nitrogens is 2. The maximum atomic E-state index is 11.0. The van der Waals surface area contributed by atoms with Gasteiger partial charge in [-0.25, -0.2) is 4.79 Å². The predicted molar refractivity (Wildman–Crippen MR) is 67.6 cm³/mol. The van der Waals surface area contributed by atoms with E-state index in [1.807, 2.05) is 13.8 Å².